The maximum absolute atomic E-state index is 11.3. The van der Waals surface area contributed by atoms with Gasteiger partial charge in [0.05, 0.1) is 6.54 Å². The topological polar surface area (TPSA) is 20.3 Å². The van der Waals surface area contributed by atoms with Gasteiger partial charge in [-0.1, -0.05) is 5.92 Å². The standard InChI is InChI=1S/C12H18NOS.ClH/c14-12-6-5-8-13(12)7-1-2-9-15-10-3-4-11-15;/h3-11H2;1H/q+1;/p-1. The highest BCUT2D eigenvalue weighted by Gasteiger charge is 2.22. The van der Waals surface area contributed by atoms with E-state index >= 15 is 0 Å². The number of halogens is 1. The first kappa shape index (κ1) is 13.7. The SMILES string of the molecule is O=C1CCCN1CC#CC[S+]1CCCC1.[Cl-]. The molecule has 90 valence electrons. The third kappa shape index (κ3) is 3.92. The summed E-state index contributed by atoms with van der Waals surface area (Å²) < 4.78 is 0. The Balaban J connectivity index is 0.00000128. The lowest BCUT2D eigenvalue weighted by molar-refractivity contribution is -0.127. The van der Waals surface area contributed by atoms with Crippen molar-refractivity contribution in [2.75, 3.05) is 30.3 Å². The van der Waals surface area contributed by atoms with Crippen molar-refractivity contribution in [3.8, 4) is 11.8 Å². The zero-order valence-corrected chi connectivity index (χ0v) is 11.1. The fourth-order valence-corrected chi connectivity index (χ4v) is 4.06. The van der Waals surface area contributed by atoms with E-state index in [9.17, 15) is 4.79 Å². The minimum absolute atomic E-state index is 0. The van der Waals surface area contributed by atoms with Crippen LogP contribution in [0.25, 0.3) is 0 Å². The summed E-state index contributed by atoms with van der Waals surface area (Å²) in [6.45, 7) is 1.58. The number of carbonyl (C=O) groups excluding carboxylic acids is 1. The Morgan fingerprint density at radius 1 is 1.19 bits per heavy atom. The second-order valence-electron chi connectivity index (χ2n) is 4.14. The maximum atomic E-state index is 11.3. The molecule has 0 radical (unpaired) electrons. The molecule has 2 aliphatic heterocycles. The summed E-state index contributed by atoms with van der Waals surface area (Å²) in [6, 6.07) is 0. The van der Waals surface area contributed by atoms with Gasteiger partial charge in [-0.2, -0.15) is 0 Å². The number of nitrogens with zero attached hydrogens (tertiary/aromatic N) is 1. The van der Waals surface area contributed by atoms with Gasteiger partial charge in [-0.05, 0) is 36.1 Å². The van der Waals surface area contributed by atoms with Crippen LogP contribution >= 0.6 is 0 Å². The van der Waals surface area contributed by atoms with Gasteiger partial charge in [0.25, 0.3) is 0 Å². The fourth-order valence-electron chi connectivity index (χ4n) is 2.03. The van der Waals surface area contributed by atoms with E-state index in [0.29, 0.717) is 17.4 Å². The van der Waals surface area contributed by atoms with E-state index in [1.54, 1.807) is 0 Å². The van der Waals surface area contributed by atoms with Crippen molar-refractivity contribution in [3.63, 3.8) is 0 Å². The number of hydrogen-bond donors (Lipinski definition) is 0. The highest BCUT2D eigenvalue weighted by atomic mass is 35.5. The Hall–Kier alpha value is -0.330. The highest BCUT2D eigenvalue weighted by Crippen LogP contribution is 2.12. The van der Waals surface area contributed by atoms with Crippen molar-refractivity contribution in [2.45, 2.75) is 25.7 Å². The van der Waals surface area contributed by atoms with Gasteiger partial charge in [0.1, 0.15) is 11.5 Å². The number of likely N-dealkylation sites (tertiary alicyclic amines) is 1. The second-order valence-corrected chi connectivity index (χ2v) is 6.47. The molecule has 0 saturated carbocycles. The van der Waals surface area contributed by atoms with Crippen molar-refractivity contribution in [1.82, 2.24) is 4.90 Å². The van der Waals surface area contributed by atoms with E-state index in [1.165, 1.54) is 24.3 Å². The lowest BCUT2D eigenvalue weighted by Crippen LogP contribution is -3.00. The van der Waals surface area contributed by atoms with Gasteiger partial charge in [-0.25, -0.2) is 0 Å². The lowest BCUT2D eigenvalue weighted by atomic mass is 10.4. The average molecular weight is 260 g/mol. The van der Waals surface area contributed by atoms with E-state index in [2.05, 4.69) is 11.8 Å². The van der Waals surface area contributed by atoms with Crippen LogP contribution in [-0.4, -0.2) is 41.2 Å². The molecule has 0 spiro atoms. The van der Waals surface area contributed by atoms with Crippen molar-refractivity contribution >= 4 is 16.8 Å². The molecule has 2 heterocycles. The van der Waals surface area contributed by atoms with Crippen LogP contribution in [0.2, 0.25) is 0 Å². The Bertz CT molecular complexity index is 291. The van der Waals surface area contributed by atoms with Gasteiger partial charge < -0.3 is 17.3 Å². The number of carbonyl (C=O) groups is 1. The van der Waals surface area contributed by atoms with E-state index in [1.807, 2.05) is 4.90 Å². The zero-order chi connectivity index (χ0) is 10.5. The summed E-state index contributed by atoms with van der Waals surface area (Å²) in [7, 11) is 0.584. The normalized spacial score (nSPS) is 20.5. The van der Waals surface area contributed by atoms with Crippen LogP contribution in [0.15, 0.2) is 0 Å². The molecule has 0 unspecified atom stereocenters. The highest BCUT2D eigenvalue weighted by molar-refractivity contribution is 7.97. The van der Waals surface area contributed by atoms with E-state index < -0.39 is 0 Å². The number of rotatable bonds is 2. The molecule has 2 nitrogen and oxygen atoms in total. The summed E-state index contributed by atoms with van der Waals surface area (Å²) in [5.41, 5.74) is 0. The van der Waals surface area contributed by atoms with Gasteiger partial charge in [0, 0.05) is 13.0 Å². The Morgan fingerprint density at radius 3 is 2.56 bits per heavy atom. The molecule has 2 aliphatic rings. The quantitative estimate of drug-likeness (QED) is 0.416. The molecule has 1 amide bonds. The molecule has 0 atom stereocenters. The minimum atomic E-state index is 0. The van der Waals surface area contributed by atoms with Crippen LogP contribution in [0.1, 0.15) is 25.7 Å². The lowest BCUT2D eigenvalue weighted by Gasteiger charge is -2.09. The van der Waals surface area contributed by atoms with Gasteiger partial charge in [-0.3, -0.25) is 4.79 Å². The Labute approximate surface area is 107 Å². The third-order valence-corrected chi connectivity index (χ3v) is 5.24. The molecule has 0 aromatic heterocycles. The predicted molar refractivity (Wildman–Crippen MR) is 64.8 cm³/mol. The fraction of sp³-hybridized carbons (Fsp3) is 0.750. The van der Waals surface area contributed by atoms with Gasteiger partial charge >= 0.3 is 0 Å². The van der Waals surface area contributed by atoms with Gasteiger partial charge in [0.15, 0.2) is 5.75 Å². The monoisotopic (exact) mass is 259 g/mol. The molecule has 2 rings (SSSR count). The van der Waals surface area contributed by atoms with Crippen LogP contribution in [0, 0.1) is 11.8 Å². The predicted octanol–water partition coefficient (Wildman–Crippen LogP) is -1.97. The van der Waals surface area contributed by atoms with Crippen molar-refractivity contribution in [2.24, 2.45) is 0 Å². The first-order valence-electron chi connectivity index (χ1n) is 5.74. The van der Waals surface area contributed by atoms with Crippen LogP contribution in [0.5, 0.6) is 0 Å². The van der Waals surface area contributed by atoms with Crippen molar-refractivity contribution < 1.29 is 17.2 Å². The molecular formula is C12H18ClNOS. The number of hydrogen-bond acceptors (Lipinski definition) is 1. The molecule has 0 aliphatic carbocycles. The van der Waals surface area contributed by atoms with Gasteiger partial charge in [0.2, 0.25) is 5.91 Å². The Morgan fingerprint density at radius 2 is 1.94 bits per heavy atom. The average Bonchev–Trinajstić information content (AvgIpc) is 2.85. The van der Waals surface area contributed by atoms with Crippen LogP contribution < -0.4 is 12.4 Å². The molecule has 0 aromatic rings. The Kier molecular flexibility index (Phi) is 6.08. The van der Waals surface area contributed by atoms with E-state index in [-0.39, 0.29) is 18.3 Å². The van der Waals surface area contributed by atoms with Gasteiger partial charge in [-0.15, -0.1) is 0 Å². The smallest absolute Gasteiger partial charge is 0.223 e. The number of amides is 1. The zero-order valence-electron chi connectivity index (χ0n) is 9.51. The summed E-state index contributed by atoms with van der Waals surface area (Å²) in [5, 5.41) is 0. The third-order valence-electron chi connectivity index (χ3n) is 2.96. The first-order valence-corrected chi connectivity index (χ1v) is 7.47. The molecule has 0 bridgehead atoms. The summed E-state index contributed by atoms with van der Waals surface area (Å²) in [6.07, 6.45) is 4.54. The first-order chi connectivity index (χ1) is 7.36. The molecule has 4 heteroatoms. The molecule has 2 saturated heterocycles. The minimum Gasteiger partial charge on any atom is -1.00 e. The van der Waals surface area contributed by atoms with Crippen molar-refractivity contribution in [3.05, 3.63) is 0 Å². The van der Waals surface area contributed by atoms with E-state index in [0.717, 1.165) is 25.1 Å². The molecule has 16 heavy (non-hydrogen) atoms. The van der Waals surface area contributed by atoms with Crippen LogP contribution in [0.4, 0.5) is 0 Å². The van der Waals surface area contributed by atoms with E-state index in [4.69, 9.17) is 0 Å². The summed E-state index contributed by atoms with van der Waals surface area (Å²) in [4.78, 5) is 13.2. The summed E-state index contributed by atoms with van der Waals surface area (Å²) >= 11 is 0. The van der Waals surface area contributed by atoms with Crippen LogP contribution in [-0.2, 0) is 15.7 Å². The molecule has 0 aromatic carbocycles. The maximum Gasteiger partial charge on any atom is 0.223 e. The largest absolute Gasteiger partial charge is 1.00 e. The second kappa shape index (κ2) is 7.09. The molecular weight excluding hydrogens is 242 g/mol. The summed E-state index contributed by atoms with van der Waals surface area (Å²) in [5.74, 6) is 10.5. The van der Waals surface area contributed by atoms with Crippen LogP contribution in [0.3, 0.4) is 0 Å². The molecule has 0 N–H and O–H groups in total. The van der Waals surface area contributed by atoms with Crippen molar-refractivity contribution in [1.29, 1.82) is 0 Å². The molecule has 2 fully saturated rings.